The average molecular weight is 209 g/mol. The van der Waals surface area contributed by atoms with Crippen molar-refractivity contribution in [1.82, 2.24) is 15.3 Å². The van der Waals surface area contributed by atoms with E-state index in [0.717, 1.165) is 6.08 Å². The van der Waals surface area contributed by atoms with Gasteiger partial charge in [-0.2, -0.15) is 0 Å². The number of aromatic amines is 1. The summed E-state index contributed by atoms with van der Waals surface area (Å²) in [5.74, 6) is -1.61. The SMILES string of the molecule is C=CC(=O)N[C@H](Cc1cnc[nH]1)C(=O)O. The highest BCUT2D eigenvalue weighted by atomic mass is 16.4. The van der Waals surface area contributed by atoms with Crippen molar-refractivity contribution >= 4 is 11.9 Å². The van der Waals surface area contributed by atoms with Crippen molar-refractivity contribution in [3.05, 3.63) is 30.9 Å². The Hall–Kier alpha value is -2.11. The van der Waals surface area contributed by atoms with E-state index in [0.29, 0.717) is 5.69 Å². The summed E-state index contributed by atoms with van der Waals surface area (Å²) in [4.78, 5) is 28.2. The molecule has 1 heterocycles. The van der Waals surface area contributed by atoms with E-state index in [4.69, 9.17) is 5.11 Å². The number of imidazole rings is 1. The van der Waals surface area contributed by atoms with Crippen LogP contribution in [-0.2, 0) is 16.0 Å². The normalized spacial score (nSPS) is 11.7. The Kier molecular flexibility index (Phi) is 3.61. The van der Waals surface area contributed by atoms with Gasteiger partial charge in [0.05, 0.1) is 6.33 Å². The molecular formula is C9H11N3O3. The molecule has 15 heavy (non-hydrogen) atoms. The molecule has 1 aromatic heterocycles. The summed E-state index contributed by atoms with van der Waals surface area (Å²) in [5.41, 5.74) is 0.645. The molecule has 3 N–H and O–H groups in total. The molecule has 0 radical (unpaired) electrons. The van der Waals surface area contributed by atoms with Crippen molar-refractivity contribution in [2.24, 2.45) is 0 Å². The number of carboxylic acid groups (broad SMARTS) is 1. The van der Waals surface area contributed by atoms with E-state index in [1.165, 1.54) is 12.5 Å². The maximum atomic E-state index is 10.9. The highest BCUT2D eigenvalue weighted by molar-refractivity contribution is 5.90. The third-order valence-corrected chi connectivity index (χ3v) is 1.78. The number of hydrogen-bond donors (Lipinski definition) is 3. The second kappa shape index (κ2) is 4.94. The van der Waals surface area contributed by atoms with Gasteiger partial charge < -0.3 is 15.4 Å². The fourth-order valence-electron chi connectivity index (χ4n) is 1.05. The van der Waals surface area contributed by atoms with Crippen LogP contribution >= 0.6 is 0 Å². The quantitative estimate of drug-likeness (QED) is 0.580. The second-order valence-electron chi connectivity index (χ2n) is 2.88. The van der Waals surface area contributed by atoms with Crippen molar-refractivity contribution in [2.75, 3.05) is 0 Å². The van der Waals surface area contributed by atoms with E-state index in [-0.39, 0.29) is 6.42 Å². The van der Waals surface area contributed by atoms with E-state index in [9.17, 15) is 9.59 Å². The minimum atomic E-state index is -1.10. The minimum absolute atomic E-state index is 0.162. The van der Waals surface area contributed by atoms with Crippen LogP contribution in [0.3, 0.4) is 0 Å². The van der Waals surface area contributed by atoms with Crippen LogP contribution in [0.2, 0.25) is 0 Å². The first-order valence-corrected chi connectivity index (χ1v) is 4.26. The van der Waals surface area contributed by atoms with Gasteiger partial charge in [0, 0.05) is 18.3 Å². The van der Waals surface area contributed by atoms with Crippen molar-refractivity contribution < 1.29 is 14.7 Å². The van der Waals surface area contributed by atoms with Crippen molar-refractivity contribution in [1.29, 1.82) is 0 Å². The topological polar surface area (TPSA) is 95.1 Å². The summed E-state index contributed by atoms with van der Waals surface area (Å²) >= 11 is 0. The molecule has 1 aromatic rings. The van der Waals surface area contributed by atoms with Crippen molar-refractivity contribution in [2.45, 2.75) is 12.5 Å². The molecule has 0 bridgehead atoms. The zero-order valence-electron chi connectivity index (χ0n) is 7.93. The molecule has 1 amide bonds. The van der Waals surface area contributed by atoms with E-state index >= 15 is 0 Å². The Morgan fingerprint density at radius 3 is 2.93 bits per heavy atom. The Morgan fingerprint density at radius 2 is 2.47 bits per heavy atom. The molecule has 6 nitrogen and oxygen atoms in total. The van der Waals surface area contributed by atoms with Gasteiger partial charge in [0.15, 0.2) is 0 Å². The molecule has 0 saturated carbocycles. The maximum absolute atomic E-state index is 10.9. The van der Waals surface area contributed by atoms with E-state index in [1.54, 1.807) is 0 Å². The van der Waals surface area contributed by atoms with Gasteiger partial charge in [-0.25, -0.2) is 9.78 Å². The fourth-order valence-corrected chi connectivity index (χ4v) is 1.05. The average Bonchev–Trinajstić information content (AvgIpc) is 2.69. The van der Waals surface area contributed by atoms with Crippen LogP contribution in [0.15, 0.2) is 25.2 Å². The van der Waals surface area contributed by atoms with Crippen LogP contribution in [0.4, 0.5) is 0 Å². The number of aliphatic carboxylic acids is 1. The minimum Gasteiger partial charge on any atom is -0.480 e. The maximum Gasteiger partial charge on any atom is 0.326 e. The van der Waals surface area contributed by atoms with E-state index < -0.39 is 17.9 Å². The summed E-state index contributed by atoms with van der Waals surface area (Å²) in [5, 5.41) is 11.1. The number of carbonyl (C=O) groups excluding carboxylic acids is 1. The molecule has 0 aliphatic heterocycles. The number of amides is 1. The predicted octanol–water partition coefficient (Wildman–Crippen LogP) is -0.292. The molecule has 0 fully saturated rings. The van der Waals surface area contributed by atoms with Gasteiger partial charge in [0.2, 0.25) is 5.91 Å². The first-order valence-electron chi connectivity index (χ1n) is 4.26. The standard InChI is InChI=1S/C9H11N3O3/c1-2-8(13)12-7(9(14)15)3-6-4-10-5-11-6/h2,4-5,7H,1,3H2,(H,10,11)(H,12,13)(H,14,15)/t7-/m1/s1. The number of hydrogen-bond acceptors (Lipinski definition) is 3. The van der Waals surface area contributed by atoms with Crippen LogP contribution in [0.1, 0.15) is 5.69 Å². The van der Waals surface area contributed by atoms with Crippen LogP contribution in [0, 0.1) is 0 Å². The summed E-state index contributed by atoms with van der Waals surface area (Å²) in [6, 6.07) is -0.976. The third kappa shape index (κ3) is 3.26. The van der Waals surface area contributed by atoms with E-state index in [1.807, 2.05) is 0 Å². The second-order valence-corrected chi connectivity index (χ2v) is 2.88. The summed E-state index contributed by atoms with van der Waals surface area (Å²) < 4.78 is 0. The molecule has 1 atom stereocenters. The van der Waals surface area contributed by atoms with Gasteiger partial charge in [-0.3, -0.25) is 4.79 Å². The number of nitrogens with one attached hydrogen (secondary N) is 2. The number of carbonyl (C=O) groups is 2. The van der Waals surface area contributed by atoms with Crippen molar-refractivity contribution in [3.8, 4) is 0 Å². The molecule has 80 valence electrons. The van der Waals surface area contributed by atoms with Gasteiger partial charge >= 0.3 is 5.97 Å². The Bertz CT molecular complexity index is 359. The van der Waals surface area contributed by atoms with Gasteiger partial charge in [0.1, 0.15) is 6.04 Å². The van der Waals surface area contributed by atoms with Crippen LogP contribution in [0.25, 0.3) is 0 Å². The highest BCUT2D eigenvalue weighted by Crippen LogP contribution is 1.98. The number of rotatable bonds is 5. The fraction of sp³-hybridized carbons (Fsp3) is 0.222. The van der Waals surface area contributed by atoms with Gasteiger partial charge in [-0.15, -0.1) is 0 Å². The summed E-state index contributed by atoms with van der Waals surface area (Å²) in [6.07, 6.45) is 4.15. The lowest BCUT2D eigenvalue weighted by molar-refractivity contribution is -0.141. The lowest BCUT2D eigenvalue weighted by Crippen LogP contribution is -2.41. The van der Waals surface area contributed by atoms with E-state index in [2.05, 4.69) is 21.9 Å². The van der Waals surface area contributed by atoms with Gasteiger partial charge in [0.25, 0.3) is 0 Å². The zero-order valence-corrected chi connectivity index (χ0v) is 7.93. The lowest BCUT2D eigenvalue weighted by Gasteiger charge is -2.11. The molecular weight excluding hydrogens is 198 g/mol. The number of H-pyrrole nitrogens is 1. The molecule has 0 saturated heterocycles. The molecule has 0 aromatic carbocycles. The van der Waals surface area contributed by atoms with Gasteiger partial charge in [-0.1, -0.05) is 6.58 Å². The number of nitrogens with zero attached hydrogens (tertiary/aromatic N) is 1. The number of carboxylic acids is 1. The number of aromatic nitrogens is 2. The van der Waals surface area contributed by atoms with Crippen molar-refractivity contribution in [3.63, 3.8) is 0 Å². The van der Waals surface area contributed by atoms with Gasteiger partial charge in [-0.05, 0) is 6.08 Å². The van der Waals surface area contributed by atoms with Crippen LogP contribution in [-0.4, -0.2) is 33.0 Å². The largest absolute Gasteiger partial charge is 0.480 e. The van der Waals surface area contributed by atoms with Crippen LogP contribution in [0.5, 0.6) is 0 Å². The zero-order chi connectivity index (χ0) is 11.3. The highest BCUT2D eigenvalue weighted by Gasteiger charge is 2.19. The molecule has 0 aliphatic rings. The third-order valence-electron chi connectivity index (χ3n) is 1.78. The predicted molar refractivity (Wildman–Crippen MR) is 52.1 cm³/mol. The molecule has 0 aliphatic carbocycles. The molecule has 0 spiro atoms. The monoisotopic (exact) mass is 209 g/mol. The first-order chi connectivity index (χ1) is 7.13. The first kappa shape index (κ1) is 11.0. The summed E-state index contributed by atoms with van der Waals surface area (Å²) in [7, 11) is 0. The molecule has 0 unspecified atom stereocenters. The summed E-state index contributed by atoms with van der Waals surface area (Å²) in [6.45, 7) is 3.24. The molecule has 1 rings (SSSR count). The Balaban J connectivity index is 2.62. The smallest absolute Gasteiger partial charge is 0.326 e. The van der Waals surface area contributed by atoms with Crippen LogP contribution < -0.4 is 5.32 Å². The lowest BCUT2D eigenvalue weighted by atomic mass is 10.1. The molecule has 6 heteroatoms. The Morgan fingerprint density at radius 1 is 1.73 bits per heavy atom. The Labute approximate surface area is 86.0 Å².